The fourth-order valence-corrected chi connectivity index (χ4v) is 5.19. The summed E-state index contributed by atoms with van der Waals surface area (Å²) in [5.41, 5.74) is 8.81. The molecule has 2 unspecified atom stereocenters. The van der Waals surface area contributed by atoms with Gasteiger partial charge < -0.3 is 9.73 Å². The maximum absolute atomic E-state index is 13.9. The number of hydrogen-bond acceptors (Lipinski definition) is 7. The highest BCUT2D eigenvalue weighted by Gasteiger charge is 2.27. The Morgan fingerprint density at radius 1 is 1.21 bits per heavy atom. The van der Waals surface area contributed by atoms with Gasteiger partial charge in [-0.25, -0.2) is 9.48 Å². The minimum Gasteiger partial charge on any atom is -0.422 e. The van der Waals surface area contributed by atoms with Crippen molar-refractivity contribution in [1.82, 2.24) is 14.8 Å². The number of fused-ring (bicyclic) bond motifs is 4. The highest BCUT2D eigenvalue weighted by molar-refractivity contribution is 6.31. The van der Waals surface area contributed by atoms with Crippen molar-refractivity contribution in [3.63, 3.8) is 0 Å². The van der Waals surface area contributed by atoms with Crippen molar-refractivity contribution >= 4 is 35.2 Å². The summed E-state index contributed by atoms with van der Waals surface area (Å²) in [7, 11) is 0. The number of quaternary nitrogens is 1. The van der Waals surface area contributed by atoms with E-state index in [1.54, 1.807) is 54.7 Å². The molecule has 1 amide bonds. The van der Waals surface area contributed by atoms with E-state index in [2.05, 4.69) is 25.7 Å². The van der Waals surface area contributed by atoms with Crippen molar-refractivity contribution in [1.29, 1.82) is 5.53 Å². The summed E-state index contributed by atoms with van der Waals surface area (Å²) in [4.78, 5) is 30.8. The number of halogens is 3. The molecule has 2 atom stereocenters. The molecule has 5 rings (SSSR count). The topological polar surface area (TPSA) is 155 Å². The minimum atomic E-state index is -2.94. The maximum Gasteiger partial charge on any atom is 0.340 e. The van der Waals surface area contributed by atoms with E-state index in [9.17, 15) is 18.4 Å². The van der Waals surface area contributed by atoms with Crippen LogP contribution in [0.1, 0.15) is 49.9 Å². The quantitative estimate of drug-likeness (QED) is 0.0860. The van der Waals surface area contributed by atoms with Crippen LogP contribution in [0, 0.1) is 11.4 Å². The molecule has 0 saturated heterocycles. The van der Waals surface area contributed by atoms with E-state index in [4.69, 9.17) is 21.5 Å². The Morgan fingerprint density at radius 3 is 2.81 bits per heavy atom. The van der Waals surface area contributed by atoms with Crippen LogP contribution in [-0.2, 0) is 4.79 Å². The molecular weight excluding hydrogens is 570 g/mol. The van der Waals surface area contributed by atoms with Gasteiger partial charge in [-0.15, -0.1) is 0 Å². The van der Waals surface area contributed by atoms with Gasteiger partial charge >= 0.3 is 12.2 Å². The Morgan fingerprint density at radius 2 is 2.05 bits per heavy atom. The first-order valence-corrected chi connectivity index (χ1v) is 13.4. The first-order valence-electron chi connectivity index (χ1n) is 13.1. The van der Waals surface area contributed by atoms with Crippen molar-refractivity contribution < 1.29 is 23.3 Å². The average molecular weight is 596 g/mol. The summed E-state index contributed by atoms with van der Waals surface area (Å²) in [6.07, 6.45) is 5.57. The summed E-state index contributed by atoms with van der Waals surface area (Å²) in [6.45, 7) is -1.18. The third kappa shape index (κ3) is 6.02. The lowest BCUT2D eigenvalue weighted by Crippen LogP contribution is -2.76. The second kappa shape index (κ2) is 12.5. The molecule has 0 fully saturated rings. The third-order valence-electron chi connectivity index (χ3n) is 7.11. The molecular formula is C28H26ClF2N8O3+. The van der Waals surface area contributed by atoms with Gasteiger partial charge in [0.15, 0.2) is 0 Å². The average Bonchev–Trinajstić information content (AvgIpc) is 3.40. The van der Waals surface area contributed by atoms with Crippen LogP contribution >= 0.6 is 11.6 Å². The van der Waals surface area contributed by atoms with Gasteiger partial charge in [-0.2, -0.15) is 19.4 Å². The maximum atomic E-state index is 13.9. The molecule has 4 N–H and O–H groups in total. The smallest absolute Gasteiger partial charge is 0.340 e. The van der Waals surface area contributed by atoms with Crippen LogP contribution < -0.4 is 16.3 Å². The normalized spacial score (nSPS) is 17.4. The number of pyridine rings is 1. The van der Waals surface area contributed by atoms with Crippen LogP contribution in [0.25, 0.3) is 22.6 Å². The van der Waals surface area contributed by atoms with E-state index in [-0.39, 0.29) is 23.0 Å². The Kier molecular flexibility index (Phi) is 8.59. The highest BCUT2D eigenvalue weighted by Crippen LogP contribution is 2.36. The van der Waals surface area contributed by atoms with E-state index >= 15 is 0 Å². The van der Waals surface area contributed by atoms with Gasteiger partial charge in [-0.05, 0) is 54.5 Å². The van der Waals surface area contributed by atoms with E-state index in [0.717, 1.165) is 0 Å². The number of nitrogens with one attached hydrogen (secondary N) is 2. The zero-order valence-electron chi connectivity index (χ0n) is 22.3. The molecule has 0 aliphatic carbocycles. The van der Waals surface area contributed by atoms with Gasteiger partial charge in [0.25, 0.3) is 0 Å². The predicted molar refractivity (Wildman–Crippen MR) is 151 cm³/mol. The Labute approximate surface area is 243 Å². The van der Waals surface area contributed by atoms with Crippen LogP contribution in [0.5, 0.6) is 0 Å². The molecule has 0 radical (unpaired) electrons. The van der Waals surface area contributed by atoms with E-state index in [0.29, 0.717) is 57.0 Å². The molecule has 0 saturated carbocycles. The van der Waals surface area contributed by atoms with Crippen LogP contribution in [-0.4, -0.2) is 27.0 Å². The zero-order chi connectivity index (χ0) is 29.8. The SMILES string of the molecule is CC1CCCC(c2ccc(-c3cc(Cl)ccc3[NH2+]C=NN=N)oc2=O)c2cc(ccn2)-c2c(cnn2C(F)F)NC1=O. The molecule has 42 heavy (non-hydrogen) atoms. The second-order valence-electron chi connectivity index (χ2n) is 9.78. The number of rotatable bonds is 6. The third-order valence-corrected chi connectivity index (χ3v) is 7.35. The first-order chi connectivity index (χ1) is 20.3. The number of alkyl halides is 2. The zero-order valence-corrected chi connectivity index (χ0v) is 23.1. The van der Waals surface area contributed by atoms with Gasteiger partial charge in [-0.3, -0.25) is 15.1 Å². The largest absolute Gasteiger partial charge is 0.422 e. The molecule has 2 bridgehead atoms. The minimum absolute atomic E-state index is 0.0439. The summed E-state index contributed by atoms with van der Waals surface area (Å²) in [5, 5.41) is 15.0. The van der Waals surface area contributed by atoms with Gasteiger partial charge in [0, 0.05) is 45.9 Å². The fraction of sp³-hybridized carbons (Fsp3) is 0.250. The predicted octanol–water partition coefficient (Wildman–Crippen LogP) is 5.67. The van der Waals surface area contributed by atoms with E-state index in [1.165, 1.54) is 18.7 Å². The number of aromatic nitrogens is 3. The second-order valence-corrected chi connectivity index (χ2v) is 10.2. The summed E-state index contributed by atoms with van der Waals surface area (Å²) in [6, 6.07) is 11.6. The van der Waals surface area contributed by atoms with Crippen LogP contribution in [0.2, 0.25) is 5.02 Å². The molecule has 1 aliphatic heterocycles. The lowest BCUT2D eigenvalue weighted by molar-refractivity contribution is -0.432. The van der Waals surface area contributed by atoms with Gasteiger partial charge in [0.05, 0.1) is 23.1 Å². The Balaban J connectivity index is 1.59. The molecule has 216 valence electrons. The Hall–Kier alpha value is -4.62. The number of amides is 1. The monoisotopic (exact) mass is 595 g/mol. The van der Waals surface area contributed by atoms with Crippen LogP contribution in [0.15, 0.2) is 74.4 Å². The van der Waals surface area contributed by atoms with E-state index in [1.807, 2.05) is 0 Å². The van der Waals surface area contributed by atoms with Gasteiger partial charge in [0.1, 0.15) is 11.4 Å². The van der Waals surface area contributed by atoms with Crippen LogP contribution in [0.4, 0.5) is 20.2 Å². The first kappa shape index (κ1) is 28.9. The van der Waals surface area contributed by atoms with Crippen molar-refractivity contribution in [2.24, 2.45) is 16.2 Å². The van der Waals surface area contributed by atoms with Crippen LogP contribution in [0.3, 0.4) is 0 Å². The number of carbonyl (C=O) groups is 1. The van der Waals surface area contributed by atoms with Crippen molar-refractivity contribution in [3.8, 4) is 22.6 Å². The lowest BCUT2D eigenvalue weighted by atomic mass is 9.88. The van der Waals surface area contributed by atoms with Gasteiger partial charge in [0.2, 0.25) is 12.2 Å². The number of anilines is 1. The van der Waals surface area contributed by atoms with Crippen molar-refractivity contribution in [3.05, 3.63) is 81.6 Å². The summed E-state index contributed by atoms with van der Waals surface area (Å²) >= 11 is 6.22. The standard InChI is InChI=1S/C28H25ClF2N8O3/c1-15-3-2-4-18(22-11-16(9-10-33-22)25-23(37-26(15)40)13-36-39(25)28(30)31)19-6-8-24(42-27(19)41)20-12-17(29)5-7-21(20)34-14-35-38-32/h5-15,18,28H,2-4H2,1H3,(H,37,40)(H2,32,34,35)/p+1. The molecule has 11 nitrogen and oxygen atoms in total. The molecule has 1 aliphatic rings. The molecule has 14 heteroatoms. The Bertz CT molecular complexity index is 1720. The lowest BCUT2D eigenvalue weighted by Gasteiger charge is -2.20. The highest BCUT2D eigenvalue weighted by atomic mass is 35.5. The number of nitrogens with zero attached hydrogens (tertiary/aromatic N) is 5. The molecule has 1 aromatic carbocycles. The molecule has 3 aromatic heterocycles. The van der Waals surface area contributed by atoms with E-state index < -0.39 is 24.0 Å². The fourth-order valence-electron chi connectivity index (χ4n) is 5.02. The number of benzene rings is 1. The number of nitrogens with two attached hydrogens (primary N) is 1. The van der Waals surface area contributed by atoms with Gasteiger partial charge in [-0.1, -0.05) is 30.0 Å². The molecule has 4 aromatic rings. The molecule has 0 spiro atoms. The van der Waals surface area contributed by atoms with Crippen molar-refractivity contribution in [2.75, 3.05) is 5.32 Å². The summed E-state index contributed by atoms with van der Waals surface area (Å²) < 4.78 is 34.1. The number of hydrogen-bond donors (Lipinski definition) is 3. The number of carbonyl (C=O) groups excluding carboxylic acids is 1. The molecule has 4 heterocycles. The summed E-state index contributed by atoms with van der Waals surface area (Å²) in [5.74, 6) is -0.996. The van der Waals surface area contributed by atoms with Crippen molar-refractivity contribution in [2.45, 2.75) is 38.7 Å².